The number of hydrogen-bond donors (Lipinski definition) is 3. The Balaban J connectivity index is 1.83. The molecule has 2 aromatic carbocycles. The quantitative estimate of drug-likeness (QED) is 0.440. The fourth-order valence-corrected chi connectivity index (χ4v) is 5.86. The van der Waals surface area contributed by atoms with Crippen LogP contribution >= 0.6 is 0 Å². The number of piperidine rings is 1. The SMILES string of the molecule is CCNC(=O)c1nnc(-c2cc(C(C)C)c(O)cc2O)n1-c1ccc(S(=O)(=O)N2CCCCC2)cc1. The Kier molecular flexibility index (Phi) is 7.32. The number of nitrogens with zero attached hydrogens (tertiary/aromatic N) is 4. The Morgan fingerprint density at radius 1 is 1.03 bits per heavy atom. The van der Waals surface area contributed by atoms with Crippen molar-refractivity contribution in [3.8, 4) is 28.6 Å². The van der Waals surface area contributed by atoms with E-state index in [1.807, 2.05) is 13.8 Å². The summed E-state index contributed by atoms with van der Waals surface area (Å²) >= 11 is 0. The van der Waals surface area contributed by atoms with Crippen molar-refractivity contribution < 1.29 is 23.4 Å². The second-order valence-electron chi connectivity index (χ2n) is 9.08. The first-order chi connectivity index (χ1) is 17.1. The first-order valence-corrected chi connectivity index (χ1v) is 13.5. The van der Waals surface area contributed by atoms with Gasteiger partial charge in [0.25, 0.3) is 5.91 Å². The van der Waals surface area contributed by atoms with E-state index in [0.717, 1.165) is 19.3 Å². The van der Waals surface area contributed by atoms with Gasteiger partial charge in [0.1, 0.15) is 11.5 Å². The van der Waals surface area contributed by atoms with Crippen molar-refractivity contribution in [1.82, 2.24) is 24.4 Å². The highest BCUT2D eigenvalue weighted by Crippen LogP contribution is 2.38. The van der Waals surface area contributed by atoms with E-state index in [0.29, 0.717) is 30.9 Å². The molecule has 0 unspecified atom stereocenters. The lowest BCUT2D eigenvalue weighted by molar-refractivity contribution is 0.0943. The van der Waals surface area contributed by atoms with E-state index in [1.165, 1.54) is 27.1 Å². The molecular weight excluding hydrogens is 482 g/mol. The molecular formula is C25H31N5O5S. The van der Waals surface area contributed by atoms with Crippen LogP contribution < -0.4 is 5.32 Å². The number of carbonyl (C=O) groups excluding carboxylic acids is 1. The maximum Gasteiger partial charge on any atom is 0.289 e. The summed E-state index contributed by atoms with van der Waals surface area (Å²) < 4.78 is 29.1. The molecule has 2 heterocycles. The first kappa shape index (κ1) is 25.6. The predicted octanol–water partition coefficient (Wildman–Crippen LogP) is 3.39. The topological polar surface area (TPSA) is 138 Å². The minimum Gasteiger partial charge on any atom is -0.508 e. The van der Waals surface area contributed by atoms with E-state index >= 15 is 0 Å². The third-order valence-corrected chi connectivity index (χ3v) is 8.17. The van der Waals surface area contributed by atoms with Gasteiger partial charge in [-0.15, -0.1) is 10.2 Å². The van der Waals surface area contributed by atoms with Crippen molar-refractivity contribution in [1.29, 1.82) is 0 Å². The van der Waals surface area contributed by atoms with E-state index < -0.39 is 15.9 Å². The number of amides is 1. The van der Waals surface area contributed by atoms with Crippen LogP contribution in [0.2, 0.25) is 0 Å². The molecule has 0 aliphatic carbocycles. The molecule has 36 heavy (non-hydrogen) atoms. The molecule has 3 N–H and O–H groups in total. The maximum absolute atomic E-state index is 13.1. The van der Waals surface area contributed by atoms with Crippen molar-refractivity contribution in [3.05, 3.63) is 47.8 Å². The van der Waals surface area contributed by atoms with Gasteiger partial charge in [0.2, 0.25) is 15.8 Å². The lowest BCUT2D eigenvalue weighted by Crippen LogP contribution is -2.35. The largest absolute Gasteiger partial charge is 0.508 e. The number of phenolic OH excluding ortho intramolecular Hbond substituents is 2. The van der Waals surface area contributed by atoms with E-state index in [-0.39, 0.29) is 39.5 Å². The standard InChI is InChI=1S/C25H31N5O5S/c1-4-26-25(33)24-28-27-23(20-14-19(16(2)3)21(31)15-22(20)32)30(24)17-8-10-18(11-9-17)36(34,35)29-12-6-5-7-13-29/h8-11,14-16,31-32H,4-7,12-13H2,1-3H3,(H,26,33). The monoisotopic (exact) mass is 513 g/mol. The van der Waals surface area contributed by atoms with Crippen LogP contribution in [0.5, 0.6) is 11.5 Å². The molecule has 0 radical (unpaired) electrons. The van der Waals surface area contributed by atoms with Gasteiger partial charge in [0.05, 0.1) is 10.5 Å². The summed E-state index contributed by atoms with van der Waals surface area (Å²) in [5.41, 5.74) is 1.33. The number of phenols is 2. The first-order valence-electron chi connectivity index (χ1n) is 12.1. The molecule has 0 spiro atoms. The lowest BCUT2D eigenvalue weighted by Gasteiger charge is -2.26. The molecule has 11 heteroatoms. The fourth-order valence-electron chi connectivity index (χ4n) is 4.35. The minimum absolute atomic E-state index is 0.0166. The molecule has 10 nitrogen and oxygen atoms in total. The molecule has 3 aromatic rings. The van der Waals surface area contributed by atoms with Crippen LogP contribution in [0.15, 0.2) is 41.3 Å². The number of rotatable bonds is 7. The van der Waals surface area contributed by atoms with Crippen molar-refractivity contribution in [2.75, 3.05) is 19.6 Å². The van der Waals surface area contributed by atoms with Gasteiger partial charge in [-0.05, 0) is 61.6 Å². The zero-order chi connectivity index (χ0) is 26.0. The van der Waals surface area contributed by atoms with Crippen LogP contribution in [-0.4, -0.2) is 63.2 Å². The molecule has 1 aliphatic rings. The van der Waals surface area contributed by atoms with Crippen molar-refractivity contribution >= 4 is 15.9 Å². The fraction of sp³-hybridized carbons (Fsp3) is 0.400. The second kappa shape index (κ2) is 10.3. The molecule has 1 amide bonds. The summed E-state index contributed by atoms with van der Waals surface area (Å²) in [6, 6.07) is 9.04. The molecule has 0 saturated carbocycles. The summed E-state index contributed by atoms with van der Waals surface area (Å²) in [7, 11) is -3.63. The van der Waals surface area contributed by atoms with Crippen LogP contribution in [0.3, 0.4) is 0 Å². The van der Waals surface area contributed by atoms with Gasteiger partial charge < -0.3 is 15.5 Å². The average Bonchev–Trinajstić information content (AvgIpc) is 3.29. The predicted molar refractivity (Wildman–Crippen MR) is 135 cm³/mol. The highest BCUT2D eigenvalue weighted by atomic mass is 32.2. The summed E-state index contributed by atoms with van der Waals surface area (Å²) in [6.45, 7) is 6.96. The summed E-state index contributed by atoms with van der Waals surface area (Å²) in [4.78, 5) is 13.0. The van der Waals surface area contributed by atoms with Gasteiger partial charge in [0, 0.05) is 31.4 Å². The normalized spacial score (nSPS) is 14.8. The Hall–Kier alpha value is -3.44. The minimum atomic E-state index is -3.63. The maximum atomic E-state index is 13.1. The summed E-state index contributed by atoms with van der Waals surface area (Å²) in [5.74, 6) is -0.614. The van der Waals surface area contributed by atoms with E-state index in [1.54, 1.807) is 25.1 Å². The van der Waals surface area contributed by atoms with Crippen molar-refractivity contribution in [2.24, 2.45) is 0 Å². The summed E-state index contributed by atoms with van der Waals surface area (Å²) in [5, 5.41) is 31.9. The molecule has 1 aromatic heterocycles. The molecule has 1 aliphatic heterocycles. The Labute approximate surface area is 210 Å². The van der Waals surface area contributed by atoms with Gasteiger partial charge in [-0.1, -0.05) is 20.3 Å². The highest BCUT2D eigenvalue weighted by Gasteiger charge is 2.27. The van der Waals surface area contributed by atoms with Gasteiger partial charge in [0.15, 0.2) is 5.82 Å². The molecule has 192 valence electrons. The number of benzene rings is 2. The zero-order valence-electron chi connectivity index (χ0n) is 20.6. The summed E-state index contributed by atoms with van der Waals surface area (Å²) in [6.07, 6.45) is 2.70. The van der Waals surface area contributed by atoms with Crippen molar-refractivity contribution in [2.45, 2.75) is 50.8 Å². The zero-order valence-corrected chi connectivity index (χ0v) is 21.4. The average molecular weight is 514 g/mol. The smallest absolute Gasteiger partial charge is 0.289 e. The van der Waals surface area contributed by atoms with Crippen molar-refractivity contribution in [3.63, 3.8) is 0 Å². The number of aromatic nitrogens is 3. The lowest BCUT2D eigenvalue weighted by atomic mass is 9.98. The second-order valence-corrected chi connectivity index (χ2v) is 11.0. The Morgan fingerprint density at radius 2 is 1.69 bits per heavy atom. The molecule has 0 atom stereocenters. The van der Waals surface area contributed by atoms with Gasteiger partial charge >= 0.3 is 0 Å². The molecule has 0 bridgehead atoms. The Morgan fingerprint density at radius 3 is 2.31 bits per heavy atom. The Bertz CT molecular complexity index is 1360. The van der Waals surface area contributed by atoms with Gasteiger partial charge in [-0.25, -0.2) is 8.42 Å². The van der Waals surface area contributed by atoms with Crippen LogP contribution in [0.25, 0.3) is 17.1 Å². The van der Waals surface area contributed by atoms with Gasteiger partial charge in [-0.3, -0.25) is 9.36 Å². The number of aromatic hydroxyl groups is 2. The molecule has 1 saturated heterocycles. The van der Waals surface area contributed by atoms with Crippen LogP contribution in [0, 0.1) is 0 Å². The van der Waals surface area contributed by atoms with E-state index in [4.69, 9.17) is 0 Å². The molecule has 4 rings (SSSR count). The van der Waals surface area contributed by atoms with E-state index in [2.05, 4.69) is 15.5 Å². The third-order valence-electron chi connectivity index (χ3n) is 6.26. The third kappa shape index (κ3) is 4.80. The van der Waals surface area contributed by atoms with E-state index in [9.17, 15) is 23.4 Å². The van der Waals surface area contributed by atoms with Crippen LogP contribution in [-0.2, 0) is 10.0 Å². The number of sulfonamides is 1. The number of hydrogen-bond acceptors (Lipinski definition) is 7. The number of carbonyl (C=O) groups is 1. The van der Waals surface area contributed by atoms with Gasteiger partial charge in [-0.2, -0.15) is 4.31 Å². The molecule has 1 fully saturated rings. The van der Waals surface area contributed by atoms with Crippen LogP contribution in [0.4, 0.5) is 0 Å². The number of nitrogens with one attached hydrogen (secondary N) is 1. The van der Waals surface area contributed by atoms with Crippen LogP contribution in [0.1, 0.15) is 62.1 Å². The highest BCUT2D eigenvalue weighted by molar-refractivity contribution is 7.89.